The van der Waals surface area contributed by atoms with Gasteiger partial charge in [0.25, 0.3) is 0 Å². The van der Waals surface area contributed by atoms with Crippen LogP contribution in [0.25, 0.3) is 0 Å². The summed E-state index contributed by atoms with van der Waals surface area (Å²) in [5.74, 6) is 0.621. The van der Waals surface area contributed by atoms with Crippen molar-refractivity contribution >= 4 is 33.3 Å². The minimum atomic E-state index is -0.306. The van der Waals surface area contributed by atoms with Gasteiger partial charge in [-0.15, -0.1) is 0 Å². The van der Waals surface area contributed by atoms with Crippen LogP contribution in [0, 0.1) is 6.92 Å². The number of benzene rings is 2. The maximum atomic E-state index is 12.0. The number of halogens is 1. The van der Waals surface area contributed by atoms with Crippen LogP contribution in [0.5, 0.6) is 5.75 Å². The highest BCUT2D eigenvalue weighted by molar-refractivity contribution is 9.10. The van der Waals surface area contributed by atoms with Crippen LogP contribution < -0.4 is 15.4 Å². The average molecular weight is 335 g/mol. The lowest BCUT2D eigenvalue weighted by molar-refractivity contribution is 0.262. The van der Waals surface area contributed by atoms with E-state index in [9.17, 15) is 4.79 Å². The SMILES string of the molecule is COc1ccccc1NC(=O)Nc1ccc(Br)cc1C. The molecule has 0 aliphatic rings. The highest BCUT2D eigenvalue weighted by atomic mass is 79.9. The Morgan fingerprint density at radius 2 is 1.80 bits per heavy atom. The third-order valence-corrected chi connectivity index (χ3v) is 3.29. The van der Waals surface area contributed by atoms with Crippen molar-refractivity contribution in [3.05, 3.63) is 52.5 Å². The number of hydrogen-bond donors (Lipinski definition) is 2. The zero-order chi connectivity index (χ0) is 14.5. The van der Waals surface area contributed by atoms with E-state index in [0.717, 1.165) is 15.7 Å². The number of anilines is 2. The van der Waals surface area contributed by atoms with Crippen molar-refractivity contribution in [3.8, 4) is 5.75 Å². The predicted molar refractivity (Wildman–Crippen MR) is 84.5 cm³/mol. The summed E-state index contributed by atoms with van der Waals surface area (Å²) in [5, 5.41) is 5.58. The smallest absolute Gasteiger partial charge is 0.323 e. The van der Waals surface area contributed by atoms with Crippen LogP contribution in [0.3, 0.4) is 0 Å². The third-order valence-electron chi connectivity index (χ3n) is 2.79. The lowest BCUT2D eigenvalue weighted by atomic mass is 10.2. The number of amides is 2. The Labute approximate surface area is 126 Å². The van der Waals surface area contributed by atoms with Crippen molar-refractivity contribution in [1.29, 1.82) is 0 Å². The molecule has 20 heavy (non-hydrogen) atoms. The summed E-state index contributed by atoms with van der Waals surface area (Å²) in [6, 6.07) is 12.6. The van der Waals surface area contributed by atoms with Gasteiger partial charge in [0, 0.05) is 10.2 Å². The monoisotopic (exact) mass is 334 g/mol. The first kappa shape index (κ1) is 14.4. The van der Waals surface area contributed by atoms with Crippen LogP contribution in [0.2, 0.25) is 0 Å². The fraction of sp³-hybridized carbons (Fsp3) is 0.133. The maximum absolute atomic E-state index is 12.0. The van der Waals surface area contributed by atoms with E-state index in [1.165, 1.54) is 0 Å². The summed E-state index contributed by atoms with van der Waals surface area (Å²) in [6.45, 7) is 1.93. The summed E-state index contributed by atoms with van der Waals surface area (Å²) in [7, 11) is 1.57. The number of nitrogens with one attached hydrogen (secondary N) is 2. The molecule has 4 nitrogen and oxygen atoms in total. The van der Waals surface area contributed by atoms with E-state index < -0.39 is 0 Å². The summed E-state index contributed by atoms with van der Waals surface area (Å²) in [6.07, 6.45) is 0. The summed E-state index contributed by atoms with van der Waals surface area (Å²) in [4.78, 5) is 12.0. The van der Waals surface area contributed by atoms with E-state index in [1.54, 1.807) is 19.2 Å². The molecule has 0 radical (unpaired) electrons. The van der Waals surface area contributed by atoms with Crippen LogP contribution in [0.4, 0.5) is 16.2 Å². The molecule has 5 heteroatoms. The number of urea groups is 1. The highest BCUT2D eigenvalue weighted by Crippen LogP contribution is 2.24. The third kappa shape index (κ3) is 3.51. The van der Waals surface area contributed by atoms with Gasteiger partial charge >= 0.3 is 6.03 Å². The zero-order valence-electron chi connectivity index (χ0n) is 11.2. The Hall–Kier alpha value is -2.01. The molecule has 2 N–H and O–H groups in total. The fourth-order valence-corrected chi connectivity index (χ4v) is 2.27. The Morgan fingerprint density at radius 3 is 2.50 bits per heavy atom. The van der Waals surface area contributed by atoms with Gasteiger partial charge in [0.2, 0.25) is 0 Å². The minimum absolute atomic E-state index is 0.306. The average Bonchev–Trinajstić information content (AvgIpc) is 2.42. The number of rotatable bonds is 3. The van der Waals surface area contributed by atoms with Gasteiger partial charge in [-0.25, -0.2) is 4.79 Å². The Bertz CT molecular complexity index is 629. The number of para-hydroxylation sites is 2. The molecule has 2 rings (SSSR count). The van der Waals surface area contributed by atoms with E-state index in [0.29, 0.717) is 11.4 Å². The molecule has 2 amide bonds. The van der Waals surface area contributed by atoms with Crippen LogP contribution in [-0.2, 0) is 0 Å². The minimum Gasteiger partial charge on any atom is -0.495 e. The van der Waals surface area contributed by atoms with Crippen LogP contribution >= 0.6 is 15.9 Å². The standard InChI is InChI=1S/C15H15BrN2O2/c1-10-9-11(16)7-8-12(10)17-15(19)18-13-5-3-4-6-14(13)20-2/h3-9H,1-2H3,(H2,17,18,19). The number of hydrogen-bond acceptors (Lipinski definition) is 2. The van der Waals surface area contributed by atoms with Crippen LogP contribution in [-0.4, -0.2) is 13.1 Å². The number of ether oxygens (including phenoxy) is 1. The zero-order valence-corrected chi connectivity index (χ0v) is 12.8. The molecular weight excluding hydrogens is 320 g/mol. The first-order chi connectivity index (χ1) is 9.60. The Balaban J connectivity index is 2.09. The number of aryl methyl sites for hydroxylation is 1. The Kier molecular flexibility index (Phi) is 4.63. The topological polar surface area (TPSA) is 50.4 Å². The van der Waals surface area contributed by atoms with E-state index in [-0.39, 0.29) is 6.03 Å². The molecule has 0 aliphatic heterocycles. The van der Waals surface area contributed by atoms with Gasteiger partial charge in [-0.1, -0.05) is 28.1 Å². The lowest BCUT2D eigenvalue weighted by Crippen LogP contribution is -2.20. The lowest BCUT2D eigenvalue weighted by Gasteiger charge is -2.12. The molecule has 0 atom stereocenters. The second kappa shape index (κ2) is 6.43. The molecule has 0 saturated heterocycles. The first-order valence-corrected chi connectivity index (χ1v) is 6.86. The molecule has 0 aromatic heterocycles. The van der Waals surface area contributed by atoms with Gasteiger partial charge in [-0.05, 0) is 42.8 Å². The number of methoxy groups -OCH3 is 1. The second-order valence-electron chi connectivity index (χ2n) is 4.24. The summed E-state index contributed by atoms with van der Waals surface area (Å²) in [5.41, 5.74) is 2.37. The quantitative estimate of drug-likeness (QED) is 0.873. The summed E-state index contributed by atoms with van der Waals surface area (Å²) < 4.78 is 6.16. The van der Waals surface area contributed by atoms with Gasteiger partial charge < -0.3 is 15.4 Å². The largest absolute Gasteiger partial charge is 0.495 e. The van der Waals surface area contributed by atoms with Crippen molar-refractivity contribution in [2.24, 2.45) is 0 Å². The van der Waals surface area contributed by atoms with Gasteiger partial charge in [-0.2, -0.15) is 0 Å². The van der Waals surface area contributed by atoms with Crippen LogP contribution in [0.1, 0.15) is 5.56 Å². The second-order valence-corrected chi connectivity index (χ2v) is 5.15. The molecule has 0 spiro atoms. The van der Waals surface area contributed by atoms with Crippen molar-refractivity contribution in [2.45, 2.75) is 6.92 Å². The maximum Gasteiger partial charge on any atom is 0.323 e. The van der Waals surface area contributed by atoms with Crippen molar-refractivity contribution < 1.29 is 9.53 Å². The number of carbonyl (C=O) groups excluding carboxylic acids is 1. The van der Waals surface area contributed by atoms with Gasteiger partial charge in [-0.3, -0.25) is 0 Å². The molecule has 2 aromatic rings. The fourth-order valence-electron chi connectivity index (χ4n) is 1.79. The molecule has 0 saturated carbocycles. The van der Waals surface area contributed by atoms with E-state index >= 15 is 0 Å². The predicted octanol–water partition coefficient (Wildman–Crippen LogP) is 4.41. The highest BCUT2D eigenvalue weighted by Gasteiger charge is 2.08. The van der Waals surface area contributed by atoms with E-state index in [4.69, 9.17) is 4.74 Å². The molecule has 2 aromatic carbocycles. The van der Waals surface area contributed by atoms with Crippen LogP contribution in [0.15, 0.2) is 46.9 Å². The molecular formula is C15H15BrN2O2. The number of carbonyl (C=O) groups is 1. The Morgan fingerprint density at radius 1 is 1.10 bits per heavy atom. The normalized spacial score (nSPS) is 9.95. The molecule has 0 aliphatic carbocycles. The molecule has 0 bridgehead atoms. The molecule has 0 fully saturated rings. The van der Waals surface area contributed by atoms with Crippen molar-refractivity contribution in [2.75, 3.05) is 17.7 Å². The first-order valence-electron chi connectivity index (χ1n) is 6.07. The molecule has 104 valence electrons. The van der Waals surface area contributed by atoms with Gasteiger partial charge in [0.1, 0.15) is 5.75 Å². The van der Waals surface area contributed by atoms with Gasteiger partial charge in [0.15, 0.2) is 0 Å². The van der Waals surface area contributed by atoms with Crippen molar-refractivity contribution in [1.82, 2.24) is 0 Å². The molecule has 0 heterocycles. The summed E-state index contributed by atoms with van der Waals surface area (Å²) >= 11 is 3.39. The van der Waals surface area contributed by atoms with Crippen molar-refractivity contribution in [3.63, 3.8) is 0 Å². The van der Waals surface area contributed by atoms with E-state index in [2.05, 4.69) is 26.6 Å². The van der Waals surface area contributed by atoms with Gasteiger partial charge in [0.05, 0.1) is 12.8 Å². The van der Waals surface area contributed by atoms with E-state index in [1.807, 2.05) is 37.3 Å². The molecule has 0 unspecified atom stereocenters.